The zero-order chi connectivity index (χ0) is 2.00. The van der Waals surface area contributed by atoms with Gasteiger partial charge in [-0.25, -0.2) is 0 Å². The molecule has 0 aliphatic carbocycles. The van der Waals surface area contributed by atoms with Crippen molar-refractivity contribution in [3.8, 4) is 0 Å². The SMILES string of the molecule is [O]=[InH].[Ti].[Zr]. The van der Waals surface area contributed by atoms with E-state index in [9.17, 15) is 0 Å². The zero-order valence-electron chi connectivity index (χ0n) is 2.12. The van der Waals surface area contributed by atoms with Crippen LogP contribution in [0.15, 0.2) is 0 Å². The van der Waals surface area contributed by atoms with Crippen LogP contribution in [-0.4, -0.2) is 24.4 Å². The third-order valence-electron chi connectivity index (χ3n) is 0. The van der Waals surface area contributed by atoms with E-state index in [4.69, 9.17) is 2.85 Å². The molecule has 0 bridgehead atoms. The van der Waals surface area contributed by atoms with Gasteiger partial charge in [-0.15, -0.1) is 0 Å². The molecule has 0 saturated carbocycles. The van der Waals surface area contributed by atoms with Crippen LogP contribution in [0.3, 0.4) is 0 Å². The van der Waals surface area contributed by atoms with E-state index >= 15 is 0 Å². The summed E-state index contributed by atoms with van der Waals surface area (Å²) in [5.41, 5.74) is 0. The van der Waals surface area contributed by atoms with E-state index in [-0.39, 0.29) is 72.3 Å². The van der Waals surface area contributed by atoms with Gasteiger partial charge in [0.1, 0.15) is 0 Å². The monoisotopic (exact) mass is 270 g/mol. The predicted molar refractivity (Wildman–Crippen MR) is 7.84 cm³/mol. The summed E-state index contributed by atoms with van der Waals surface area (Å²) < 4.78 is 8.42. The Morgan fingerprint density at radius 1 is 1.25 bits per heavy atom. The van der Waals surface area contributed by atoms with Gasteiger partial charge >= 0.3 is 27.2 Å². The Morgan fingerprint density at radius 2 is 1.25 bits per heavy atom. The van der Waals surface area contributed by atoms with Gasteiger partial charge < -0.3 is 0 Å². The fourth-order valence-electron chi connectivity index (χ4n) is 0. The molecular formula is HInOTiZr. The molecule has 0 amide bonds. The van der Waals surface area contributed by atoms with Crippen molar-refractivity contribution in [1.82, 2.24) is 0 Å². The first kappa shape index (κ1) is 16.3. The maximum absolute atomic E-state index is 8.42. The molecule has 0 aromatic carbocycles. The van der Waals surface area contributed by atoms with Gasteiger partial charge in [0, 0.05) is 47.9 Å². The molecular weight excluding hydrogens is 270 g/mol. The molecule has 0 unspecified atom stereocenters. The first-order chi connectivity index (χ1) is 1.00. The molecule has 0 aromatic rings. The van der Waals surface area contributed by atoms with Gasteiger partial charge in [0.15, 0.2) is 0 Å². The Balaban J connectivity index is -0.00000000500. The Morgan fingerprint density at radius 3 is 1.25 bits per heavy atom. The van der Waals surface area contributed by atoms with Crippen LogP contribution < -0.4 is 0 Å². The van der Waals surface area contributed by atoms with Crippen LogP contribution in [0.1, 0.15) is 0 Å². The Kier molecular flexibility index (Phi) is 76.0. The summed E-state index contributed by atoms with van der Waals surface area (Å²) in [5.74, 6) is 0. The summed E-state index contributed by atoms with van der Waals surface area (Å²) in [7, 11) is 0. The van der Waals surface area contributed by atoms with E-state index in [1.807, 2.05) is 0 Å². The van der Waals surface area contributed by atoms with Crippen molar-refractivity contribution in [3.63, 3.8) is 0 Å². The molecule has 0 N–H and O–H groups in total. The molecule has 0 saturated heterocycles. The molecule has 1 nitrogen and oxygen atoms in total. The Labute approximate surface area is 73.9 Å². The standard InChI is InChI=1S/In.O.Ti.Zr.H. The average Bonchev–Trinajstić information content (AvgIpc) is 1.00. The minimum Gasteiger partial charge on any atom is 0 e. The van der Waals surface area contributed by atoms with Crippen molar-refractivity contribution in [2.24, 2.45) is 0 Å². The van der Waals surface area contributed by atoms with Gasteiger partial charge in [-0.1, -0.05) is 0 Å². The third kappa shape index (κ3) is 8.86. The predicted octanol–water partition coefficient (Wildman–Crippen LogP) is -0.772. The van der Waals surface area contributed by atoms with Crippen molar-refractivity contribution in [2.75, 3.05) is 0 Å². The van der Waals surface area contributed by atoms with Gasteiger partial charge in [0.25, 0.3) is 0 Å². The van der Waals surface area contributed by atoms with Gasteiger partial charge in [0.05, 0.1) is 0 Å². The van der Waals surface area contributed by atoms with Gasteiger partial charge in [0.2, 0.25) is 0 Å². The van der Waals surface area contributed by atoms with Crippen LogP contribution in [0.25, 0.3) is 0 Å². The number of hydrogen-bond donors (Lipinski definition) is 0. The molecule has 4 heavy (non-hydrogen) atoms. The van der Waals surface area contributed by atoms with Crippen molar-refractivity contribution in [2.45, 2.75) is 0 Å². The first-order valence-electron chi connectivity index (χ1n) is 0.289. The topological polar surface area (TPSA) is 17.1 Å². The smallest absolute Gasteiger partial charge is 0 e. The molecule has 0 radical (unpaired) electrons. The van der Waals surface area contributed by atoms with Gasteiger partial charge in [-0.2, -0.15) is 0 Å². The van der Waals surface area contributed by atoms with E-state index in [0.29, 0.717) is 0 Å². The Bertz CT molecular complexity index is 8.00. The van der Waals surface area contributed by atoms with Crippen molar-refractivity contribution in [1.29, 1.82) is 0 Å². The molecule has 0 aliphatic heterocycles. The van der Waals surface area contributed by atoms with Crippen LogP contribution in [-0.2, 0) is 50.8 Å². The Hall–Kier alpha value is 2.27. The minimum atomic E-state index is -0.1000. The molecule has 0 heterocycles. The first-order valence-corrected chi connectivity index (χ1v) is 1.94. The summed E-state index contributed by atoms with van der Waals surface area (Å²) in [6, 6.07) is 0. The fourth-order valence-corrected chi connectivity index (χ4v) is 0. The molecule has 0 aliphatic rings. The van der Waals surface area contributed by atoms with E-state index in [1.165, 1.54) is 0 Å². The van der Waals surface area contributed by atoms with Crippen molar-refractivity contribution in [3.05, 3.63) is 0 Å². The quantitative estimate of drug-likeness (QED) is 0.529. The maximum atomic E-state index is 8.42. The molecule has 0 atom stereocenters. The zero-order valence-corrected chi connectivity index (χ0v) is 10.2. The molecule has 0 rings (SSSR count). The number of hydrogen-bond acceptors (Lipinski definition) is 1. The van der Waals surface area contributed by atoms with Crippen LogP contribution in [0.2, 0.25) is 0 Å². The van der Waals surface area contributed by atoms with E-state index in [1.54, 1.807) is 0 Å². The normalized spacial score (nSPS) is 0.750. The van der Waals surface area contributed by atoms with Gasteiger partial charge in [-0.3, -0.25) is 0 Å². The summed E-state index contributed by atoms with van der Waals surface area (Å²) in [5, 5.41) is 0. The van der Waals surface area contributed by atoms with Crippen LogP contribution in [0.4, 0.5) is 0 Å². The van der Waals surface area contributed by atoms with E-state index in [0.717, 1.165) is 0 Å². The largest absolute Gasteiger partial charge is 0 e. The van der Waals surface area contributed by atoms with Crippen molar-refractivity contribution < 1.29 is 50.8 Å². The minimum absolute atomic E-state index is 0. The second-order valence-corrected chi connectivity index (χ2v) is 0. The molecule has 18 valence electrons. The second-order valence-electron chi connectivity index (χ2n) is 0. The van der Waals surface area contributed by atoms with Crippen LogP contribution in [0.5, 0.6) is 0 Å². The maximum Gasteiger partial charge on any atom is 0 e. The summed E-state index contributed by atoms with van der Waals surface area (Å²) in [6.07, 6.45) is 0. The summed E-state index contributed by atoms with van der Waals surface area (Å²) >= 11 is -0.1000. The van der Waals surface area contributed by atoms with E-state index < -0.39 is 0 Å². The molecule has 0 spiro atoms. The summed E-state index contributed by atoms with van der Waals surface area (Å²) in [6.45, 7) is 0. The van der Waals surface area contributed by atoms with Crippen LogP contribution in [0, 0.1) is 0 Å². The molecule has 0 aromatic heterocycles. The molecule has 0 fully saturated rings. The third-order valence-corrected chi connectivity index (χ3v) is 0. The van der Waals surface area contributed by atoms with Gasteiger partial charge in [-0.05, 0) is 0 Å². The van der Waals surface area contributed by atoms with E-state index in [2.05, 4.69) is 0 Å². The van der Waals surface area contributed by atoms with Crippen LogP contribution >= 0.6 is 0 Å². The van der Waals surface area contributed by atoms with Crippen molar-refractivity contribution >= 4 is 24.4 Å². The molecule has 4 heteroatoms. The second kappa shape index (κ2) is 18.7. The average molecular weight is 271 g/mol. The fraction of sp³-hybridized carbons (Fsp3) is 0. The number of rotatable bonds is 0. The summed E-state index contributed by atoms with van der Waals surface area (Å²) in [4.78, 5) is 0.